The van der Waals surface area contributed by atoms with E-state index in [1.54, 1.807) is 0 Å². The molecule has 2 fully saturated rings. The van der Waals surface area contributed by atoms with Crippen LogP contribution in [0, 0.1) is 5.41 Å². The Hall–Kier alpha value is -0.0400. The Morgan fingerprint density at radius 2 is 1.91 bits per heavy atom. The lowest BCUT2D eigenvalue weighted by atomic mass is 9.78. The van der Waals surface area contributed by atoms with Crippen molar-refractivity contribution in [2.75, 3.05) is 6.54 Å². The van der Waals surface area contributed by atoms with Crippen LogP contribution >= 0.6 is 0 Å². The summed E-state index contributed by atoms with van der Waals surface area (Å²) in [4.78, 5) is 0. The van der Waals surface area contributed by atoms with Crippen molar-refractivity contribution in [2.45, 2.75) is 51.5 Å². The van der Waals surface area contributed by atoms with Crippen molar-refractivity contribution in [3.05, 3.63) is 0 Å². The number of rotatable bonds is 0. The molecule has 1 aliphatic heterocycles. The van der Waals surface area contributed by atoms with Crippen LogP contribution in [0.5, 0.6) is 0 Å². The molecular weight excluding hydrogens is 134 g/mol. The van der Waals surface area contributed by atoms with Crippen molar-refractivity contribution in [3.8, 4) is 0 Å². The van der Waals surface area contributed by atoms with Gasteiger partial charge in [-0.1, -0.05) is 12.8 Å². The maximum atomic E-state index is 3.61. The quantitative estimate of drug-likeness (QED) is 0.563. The molecule has 0 aromatic rings. The average Bonchev–Trinajstić information content (AvgIpc) is 2.45. The summed E-state index contributed by atoms with van der Waals surface area (Å²) < 4.78 is 0. The highest BCUT2D eigenvalue weighted by molar-refractivity contribution is 4.91. The molecule has 1 saturated carbocycles. The lowest BCUT2D eigenvalue weighted by Gasteiger charge is -2.36. The Labute approximate surface area is 69.6 Å². The zero-order chi connectivity index (χ0) is 7.73. The van der Waals surface area contributed by atoms with Gasteiger partial charge in [-0.15, -0.1) is 0 Å². The minimum Gasteiger partial charge on any atom is -0.314 e. The summed E-state index contributed by atoms with van der Waals surface area (Å²) in [6, 6.07) is 0.779. The molecule has 2 aliphatic rings. The molecule has 1 aliphatic carbocycles. The van der Waals surface area contributed by atoms with E-state index in [0.717, 1.165) is 11.5 Å². The van der Waals surface area contributed by atoms with Crippen LogP contribution in [0.3, 0.4) is 0 Å². The molecule has 1 spiro atoms. The first-order valence-corrected chi connectivity index (χ1v) is 5.04. The van der Waals surface area contributed by atoms with Crippen molar-refractivity contribution in [3.63, 3.8) is 0 Å². The minimum atomic E-state index is 0.743. The molecule has 0 bridgehead atoms. The fourth-order valence-corrected chi connectivity index (χ4v) is 2.66. The van der Waals surface area contributed by atoms with Crippen LogP contribution in [0.25, 0.3) is 0 Å². The fraction of sp³-hybridized carbons (Fsp3) is 1.00. The maximum Gasteiger partial charge on any atom is 0.00391 e. The molecule has 0 aromatic carbocycles. The van der Waals surface area contributed by atoms with Gasteiger partial charge in [0.1, 0.15) is 0 Å². The summed E-state index contributed by atoms with van der Waals surface area (Å²) in [6.07, 6.45) is 8.84. The van der Waals surface area contributed by atoms with Gasteiger partial charge in [0.25, 0.3) is 0 Å². The maximum absolute atomic E-state index is 3.61. The molecule has 0 unspecified atom stereocenters. The summed E-state index contributed by atoms with van der Waals surface area (Å²) >= 11 is 0. The van der Waals surface area contributed by atoms with Gasteiger partial charge in [-0.05, 0) is 38.0 Å². The Bertz CT molecular complexity index is 126. The van der Waals surface area contributed by atoms with E-state index in [1.165, 1.54) is 45.1 Å². The van der Waals surface area contributed by atoms with E-state index in [4.69, 9.17) is 0 Å². The molecule has 0 aromatic heterocycles. The topological polar surface area (TPSA) is 12.0 Å². The van der Waals surface area contributed by atoms with Gasteiger partial charge in [0.05, 0.1) is 0 Å². The molecule has 11 heavy (non-hydrogen) atoms. The van der Waals surface area contributed by atoms with Crippen molar-refractivity contribution in [2.24, 2.45) is 5.41 Å². The van der Waals surface area contributed by atoms with E-state index in [0.29, 0.717) is 0 Å². The predicted molar refractivity (Wildman–Crippen MR) is 47.6 cm³/mol. The zero-order valence-corrected chi connectivity index (χ0v) is 7.53. The van der Waals surface area contributed by atoms with E-state index in [-0.39, 0.29) is 0 Å². The summed E-state index contributed by atoms with van der Waals surface area (Å²) in [6.45, 7) is 3.61. The highest BCUT2D eigenvalue weighted by atomic mass is 14.9. The van der Waals surface area contributed by atoms with Crippen LogP contribution in [0.15, 0.2) is 0 Å². The summed E-state index contributed by atoms with van der Waals surface area (Å²) in [7, 11) is 0. The van der Waals surface area contributed by atoms with Crippen LogP contribution in [-0.2, 0) is 0 Å². The van der Waals surface area contributed by atoms with Crippen molar-refractivity contribution >= 4 is 0 Å². The first kappa shape index (κ1) is 7.60. The van der Waals surface area contributed by atoms with E-state index >= 15 is 0 Å². The van der Waals surface area contributed by atoms with Crippen LogP contribution in [0.1, 0.15) is 45.4 Å². The molecule has 2 rings (SSSR count). The molecular formula is C10H19N. The SMILES string of the molecule is C[C@H]1CCC2(CCCC2)CN1. The molecule has 1 heterocycles. The number of piperidine rings is 1. The summed E-state index contributed by atoms with van der Waals surface area (Å²) in [5.41, 5.74) is 0.743. The summed E-state index contributed by atoms with van der Waals surface area (Å²) in [5.74, 6) is 0. The molecule has 0 radical (unpaired) electrons. The molecule has 1 saturated heterocycles. The normalized spacial score (nSPS) is 36.3. The Morgan fingerprint density at radius 1 is 1.18 bits per heavy atom. The Balaban J connectivity index is 1.94. The van der Waals surface area contributed by atoms with Gasteiger partial charge in [0.2, 0.25) is 0 Å². The number of hydrogen-bond acceptors (Lipinski definition) is 1. The Morgan fingerprint density at radius 3 is 2.45 bits per heavy atom. The van der Waals surface area contributed by atoms with E-state index in [2.05, 4.69) is 12.2 Å². The second-order valence-electron chi connectivity index (χ2n) is 4.53. The average molecular weight is 153 g/mol. The standard InChI is InChI=1S/C10H19N/c1-9-4-7-10(8-11-9)5-2-3-6-10/h9,11H,2-8H2,1H3/t9-/m0/s1. The molecule has 1 nitrogen and oxygen atoms in total. The van der Waals surface area contributed by atoms with E-state index in [1.807, 2.05) is 0 Å². The van der Waals surface area contributed by atoms with Crippen molar-refractivity contribution in [1.82, 2.24) is 5.32 Å². The van der Waals surface area contributed by atoms with Gasteiger partial charge in [0.15, 0.2) is 0 Å². The van der Waals surface area contributed by atoms with Gasteiger partial charge < -0.3 is 5.32 Å². The van der Waals surface area contributed by atoms with Crippen LogP contribution < -0.4 is 5.32 Å². The third-order valence-corrected chi connectivity index (χ3v) is 3.60. The van der Waals surface area contributed by atoms with E-state index in [9.17, 15) is 0 Å². The van der Waals surface area contributed by atoms with Gasteiger partial charge in [-0.25, -0.2) is 0 Å². The lowest BCUT2D eigenvalue weighted by Crippen LogP contribution is -2.43. The van der Waals surface area contributed by atoms with E-state index < -0.39 is 0 Å². The second-order valence-corrected chi connectivity index (χ2v) is 4.53. The van der Waals surface area contributed by atoms with Crippen LogP contribution in [0.2, 0.25) is 0 Å². The minimum absolute atomic E-state index is 0.743. The highest BCUT2D eigenvalue weighted by Gasteiger charge is 2.36. The lowest BCUT2D eigenvalue weighted by molar-refractivity contribution is 0.189. The van der Waals surface area contributed by atoms with Crippen LogP contribution in [-0.4, -0.2) is 12.6 Å². The van der Waals surface area contributed by atoms with Crippen LogP contribution in [0.4, 0.5) is 0 Å². The molecule has 1 heteroatoms. The first-order chi connectivity index (χ1) is 5.31. The summed E-state index contributed by atoms with van der Waals surface area (Å²) in [5, 5.41) is 3.61. The zero-order valence-electron chi connectivity index (χ0n) is 7.53. The predicted octanol–water partition coefficient (Wildman–Crippen LogP) is 2.32. The smallest absolute Gasteiger partial charge is 0.00391 e. The third-order valence-electron chi connectivity index (χ3n) is 3.60. The Kier molecular flexibility index (Phi) is 1.92. The van der Waals surface area contributed by atoms with Crippen molar-refractivity contribution in [1.29, 1.82) is 0 Å². The third kappa shape index (κ3) is 1.44. The fourth-order valence-electron chi connectivity index (χ4n) is 2.66. The van der Waals surface area contributed by atoms with Crippen molar-refractivity contribution < 1.29 is 0 Å². The van der Waals surface area contributed by atoms with Gasteiger partial charge in [0, 0.05) is 12.6 Å². The monoisotopic (exact) mass is 153 g/mol. The highest BCUT2D eigenvalue weighted by Crippen LogP contribution is 2.43. The largest absolute Gasteiger partial charge is 0.314 e. The first-order valence-electron chi connectivity index (χ1n) is 5.04. The number of nitrogens with one attached hydrogen (secondary N) is 1. The molecule has 0 amide bonds. The van der Waals surface area contributed by atoms with Gasteiger partial charge in [-0.2, -0.15) is 0 Å². The molecule has 1 atom stereocenters. The molecule has 1 N–H and O–H groups in total. The molecule has 64 valence electrons. The van der Waals surface area contributed by atoms with Gasteiger partial charge in [-0.3, -0.25) is 0 Å². The second kappa shape index (κ2) is 2.78. The number of hydrogen-bond donors (Lipinski definition) is 1. The van der Waals surface area contributed by atoms with Gasteiger partial charge >= 0.3 is 0 Å².